The molecule has 0 saturated heterocycles. The van der Waals surface area contributed by atoms with Crippen molar-refractivity contribution in [1.29, 1.82) is 0 Å². The Kier molecular flexibility index (Phi) is 8.07. The molecule has 0 amide bonds. The van der Waals surface area contributed by atoms with Crippen molar-refractivity contribution in [1.82, 2.24) is 7.10 Å². The molecular weight excluding hydrogens is 551 g/mol. The van der Waals surface area contributed by atoms with Crippen molar-refractivity contribution in [2.75, 3.05) is 0 Å². The van der Waals surface area contributed by atoms with E-state index >= 15 is 0 Å². The van der Waals surface area contributed by atoms with E-state index in [4.69, 9.17) is 20.0 Å². The van der Waals surface area contributed by atoms with Gasteiger partial charge in [-0.05, 0) is 120 Å². The van der Waals surface area contributed by atoms with Crippen LogP contribution in [-0.4, -0.2) is 32.2 Å². The van der Waals surface area contributed by atoms with Crippen LogP contribution in [0.4, 0.5) is 0 Å². The molecular formula is C36H44AlClN4. The molecule has 4 nitrogen and oxygen atoms in total. The van der Waals surface area contributed by atoms with E-state index in [0.29, 0.717) is 0 Å². The zero-order chi connectivity index (χ0) is 29.9. The van der Waals surface area contributed by atoms with Crippen LogP contribution in [-0.2, 0) is 25.7 Å². The van der Waals surface area contributed by atoms with Gasteiger partial charge in [0.15, 0.2) is 0 Å². The first-order valence-electron chi connectivity index (χ1n) is 16.3. The third kappa shape index (κ3) is 4.15. The van der Waals surface area contributed by atoms with Crippen molar-refractivity contribution >= 4 is 59.4 Å². The molecule has 0 spiro atoms. The smallest absolute Gasteiger partial charge is 0.402 e. The summed E-state index contributed by atoms with van der Waals surface area (Å²) < 4.78 is 5.09. The maximum absolute atomic E-state index is 8.00. The highest BCUT2D eigenvalue weighted by Gasteiger charge is 2.37. The molecule has 6 bridgehead atoms. The fourth-order valence-corrected chi connectivity index (χ4v) is 11.3. The van der Waals surface area contributed by atoms with Gasteiger partial charge in [0.05, 0.1) is 22.8 Å². The molecule has 218 valence electrons. The quantitative estimate of drug-likeness (QED) is 0.283. The second-order valence-electron chi connectivity index (χ2n) is 11.6. The van der Waals surface area contributed by atoms with Crippen molar-refractivity contribution < 1.29 is 0 Å². The van der Waals surface area contributed by atoms with E-state index in [1.54, 1.807) is 0 Å². The molecule has 0 saturated carbocycles. The monoisotopic (exact) mass is 594 g/mol. The topological polar surface area (TPSA) is 34.6 Å². The second-order valence-corrected chi connectivity index (χ2v) is 14.4. The number of hydrogen-bond donors (Lipinski definition) is 0. The molecule has 0 atom stereocenters. The van der Waals surface area contributed by atoms with Gasteiger partial charge in [-0.3, -0.25) is 0 Å². The van der Waals surface area contributed by atoms with Gasteiger partial charge in [0, 0.05) is 22.1 Å². The summed E-state index contributed by atoms with van der Waals surface area (Å²) in [4.78, 5) is 10.7. The van der Waals surface area contributed by atoms with Crippen LogP contribution in [0.15, 0.2) is 43.7 Å². The Morgan fingerprint density at radius 1 is 0.500 bits per heavy atom. The molecule has 4 aliphatic rings. The van der Waals surface area contributed by atoms with Crippen LogP contribution in [0, 0.1) is 0 Å². The van der Waals surface area contributed by atoms with E-state index < -0.39 is 13.7 Å². The first-order valence-corrected chi connectivity index (χ1v) is 19.1. The van der Waals surface area contributed by atoms with Crippen molar-refractivity contribution in [2.24, 2.45) is 9.98 Å². The van der Waals surface area contributed by atoms with Gasteiger partial charge in [-0.1, -0.05) is 55.4 Å². The van der Waals surface area contributed by atoms with Crippen LogP contribution in [0.3, 0.4) is 0 Å². The average Bonchev–Trinajstić information content (AvgIpc) is 3.69. The van der Waals surface area contributed by atoms with E-state index in [0.717, 1.165) is 74.2 Å². The Balaban J connectivity index is 1.92. The van der Waals surface area contributed by atoms with E-state index in [1.807, 2.05) is 0 Å². The van der Waals surface area contributed by atoms with Crippen molar-refractivity contribution in [2.45, 2.75) is 107 Å². The van der Waals surface area contributed by atoms with Crippen LogP contribution in [0.25, 0.3) is 24.3 Å². The molecule has 2 aromatic rings. The predicted molar refractivity (Wildman–Crippen MR) is 183 cm³/mol. The Morgan fingerprint density at radius 3 is 1.21 bits per heavy atom. The second kappa shape index (κ2) is 11.5. The number of aliphatic imine (C=N–C) groups is 2. The number of hydrogen-bond acceptors (Lipinski definition) is 2. The number of rotatable bonds is 8. The summed E-state index contributed by atoms with van der Waals surface area (Å²) in [5, 5.41) is 2.50. The first-order chi connectivity index (χ1) is 20.4. The van der Waals surface area contributed by atoms with Crippen LogP contribution in [0.1, 0.15) is 115 Å². The largest absolute Gasteiger partial charge is 0.717 e. The number of aromatic nitrogens is 2. The standard InChI is InChI=1S/C36H44N4.Al.ClH/c1-9-21-22(10-2)30-18-32-25(13-5)26(14-6)34(39-32)20-36-28(16-8)27(15-7)35(40-36)19-33-24(12-4)23(11-3)31(38-33)17-29(21)37-30;;/h17-20H,9-16H2,1-8H3;;1H/q-2;+3;/p-1. The highest BCUT2D eigenvalue weighted by atomic mass is 35.6. The normalized spacial score (nSPS) is 17.2. The lowest BCUT2D eigenvalue weighted by molar-refractivity contribution is 0.995. The SMILES string of the molecule is CCC1=C(CC)C2=NC1=Cc1c(CC)c(CC)c3[n]1[Al]([Cl])[n]1c(c(CC)c(CC)c1=CC1=NC(=C3)C(CC)=C1CC)=C2. The minimum absolute atomic E-state index is 0.959. The summed E-state index contributed by atoms with van der Waals surface area (Å²) in [7, 11) is 8.00. The summed E-state index contributed by atoms with van der Waals surface area (Å²) in [6.45, 7) is 18.3. The van der Waals surface area contributed by atoms with Gasteiger partial charge in [-0.25, -0.2) is 9.98 Å². The van der Waals surface area contributed by atoms with Gasteiger partial charge in [0.2, 0.25) is 0 Å². The first kappa shape index (κ1) is 29.5. The minimum atomic E-state index is -2.34. The van der Waals surface area contributed by atoms with Crippen LogP contribution in [0.5, 0.6) is 0 Å². The molecule has 0 radical (unpaired) electrons. The fourth-order valence-electron chi connectivity index (χ4n) is 7.96. The minimum Gasteiger partial charge on any atom is -0.402 e. The molecule has 0 fully saturated rings. The van der Waals surface area contributed by atoms with E-state index in [9.17, 15) is 0 Å². The Morgan fingerprint density at radius 2 is 0.881 bits per heavy atom. The lowest BCUT2D eigenvalue weighted by Crippen LogP contribution is -2.44. The summed E-state index contributed by atoms with van der Waals surface area (Å²) >= 11 is -2.34. The average molecular weight is 595 g/mol. The summed E-state index contributed by atoms with van der Waals surface area (Å²) in [5.41, 5.74) is 18.1. The molecule has 0 unspecified atom stereocenters. The maximum atomic E-state index is 8.00. The highest BCUT2D eigenvalue weighted by molar-refractivity contribution is 7.05. The maximum Gasteiger partial charge on any atom is 0.717 e. The Labute approximate surface area is 260 Å². The van der Waals surface area contributed by atoms with Gasteiger partial charge < -0.3 is 7.10 Å². The van der Waals surface area contributed by atoms with Gasteiger partial charge in [-0.2, -0.15) is 10.0 Å². The molecule has 0 N–H and O–H groups in total. The van der Waals surface area contributed by atoms with Crippen molar-refractivity contribution in [3.05, 3.63) is 78.0 Å². The highest BCUT2D eigenvalue weighted by Crippen LogP contribution is 2.38. The van der Waals surface area contributed by atoms with Crippen molar-refractivity contribution in [3.8, 4) is 0 Å². The zero-order valence-corrected chi connectivity index (χ0v) is 28.6. The molecule has 0 aliphatic carbocycles. The molecule has 2 aromatic heterocycles. The van der Waals surface area contributed by atoms with Gasteiger partial charge in [0.1, 0.15) is 0 Å². The van der Waals surface area contributed by atoms with E-state index in [-0.39, 0.29) is 0 Å². The third-order valence-corrected chi connectivity index (χ3v) is 12.9. The molecule has 6 heteroatoms. The lowest BCUT2D eigenvalue weighted by Gasteiger charge is -2.18. The number of allylic oxidation sites excluding steroid dienone is 4. The van der Waals surface area contributed by atoms with Crippen LogP contribution in [0.2, 0.25) is 0 Å². The number of halogens is 1. The van der Waals surface area contributed by atoms with E-state index in [1.165, 1.54) is 66.6 Å². The van der Waals surface area contributed by atoms with Gasteiger partial charge >= 0.3 is 13.7 Å². The molecule has 0 aromatic carbocycles. The van der Waals surface area contributed by atoms with E-state index in [2.05, 4.69) is 86.8 Å². The van der Waals surface area contributed by atoms with Crippen LogP contribution >= 0.6 is 10.0 Å². The Hall–Kier alpha value is -2.58. The summed E-state index contributed by atoms with van der Waals surface area (Å²) in [5.74, 6) is 0. The van der Waals surface area contributed by atoms with Gasteiger partial charge in [0.25, 0.3) is 0 Å². The molecule has 6 heterocycles. The predicted octanol–water partition coefficient (Wildman–Crippen LogP) is 7.57. The van der Waals surface area contributed by atoms with Gasteiger partial charge in [-0.15, -0.1) is 0 Å². The van der Waals surface area contributed by atoms with Crippen molar-refractivity contribution in [3.63, 3.8) is 0 Å². The molecule has 6 rings (SSSR count). The number of nitrogens with zero attached hydrogens (tertiary/aromatic N) is 4. The zero-order valence-electron chi connectivity index (χ0n) is 26.7. The van der Waals surface area contributed by atoms with Crippen LogP contribution < -0.4 is 10.7 Å². The fraction of sp³-hybridized carbons (Fsp3) is 0.444. The summed E-state index contributed by atoms with van der Waals surface area (Å²) in [6, 6.07) is 0. The lowest BCUT2D eigenvalue weighted by atomic mass is 9.97. The summed E-state index contributed by atoms with van der Waals surface area (Å²) in [6.07, 6.45) is 17.2. The molecule has 4 aliphatic heterocycles. The number of fused-ring (bicyclic) bond motifs is 2. The third-order valence-electron chi connectivity index (χ3n) is 9.80. The molecule has 42 heavy (non-hydrogen) atoms. The Bertz CT molecular complexity index is 1690.